The highest BCUT2D eigenvalue weighted by Gasteiger charge is 2.34. The van der Waals surface area contributed by atoms with Crippen LogP contribution in [0.4, 0.5) is 13.2 Å². The van der Waals surface area contributed by atoms with Gasteiger partial charge in [0.15, 0.2) is 0 Å². The Labute approximate surface area is 221 Å². The van der Waals surface area contributed by atoms with Crippen LogP contribution in [0, 0.1) is 0 Å². The maximum Gasteiger partial charge on any atom is 0.417 e. The predicted molar refractivity (Wildman–Crippen MR) is 141 cm³/mol. The standard InChI is InChI=1S/C29H32ClF3N2O2/c1-21(23-10-4-3-5-11-23)19-35(20-24-12-7-14-26(28(24)30)29(31,32)33)15-8-16-37-25-13-6-9-22(17-25)18-27(36)34-2/h3-7,9-14,17,21H,8,15-16,18-20H2,1-2H3,(H,34,36)/t21-/m0/s1. The fourth-order valence-corrected chi connectivity index (χ4v) is 4.46. The van der Waals surface area contributed by atoms with E-state index >= 15 is 0 Å². The number of amides is 1. The number of benzene rings is 3. The number of alkyl halides is 3. The van der Waals surface area contributed by atoms with Crippen LogP contribution in [0.15, 0.2) is 72.8 Å². The third-order valence-electron chi connectivity index (χ3n) is 6.11. The molecule has 198 valence electrons. The maximum atomic E-state index is 13.4. The average molecular weight is 533 g/mol. The second-order valence-electron chi connectivity index (χ2n) is 9.02. The Bertz CT molecular complexity index is 1160. The van der Waals surface area contributed by atoms with E-state index in [-0.39, 0.29) is 23.3 Å². The number of ether oxygens (including phenoxy) is 1. The number of rotatable bonds is 12. The zero-order valence-corrected chi connectivity index (χ0v) is 21.8. The highest BCUT2D eigenvalue weighted by molar-refractivity contribution is 6.32. The van der Waals surface area contributed by atoms with E-state index in [1.54, 1.807) is 13.1 Å². The highest BCUT2D eigenvalue weighted by atomic mass is 35.5. The summed E-state index contributed by atoms with van der Waals surface area (Å²) in [5.74, 6) is 0.771. The molecule has 0 radical (unpaired) electrons. The first-order valence-electron chi connectivity index (χ1n) is 12.2. The van der Waals surface area contributed by atoms with Gasteiger partial charge in [-0.3, -0.25) is 9.69 Å². The lowest BCUT2D eigenvalue weighted by molar-refractivity contribution is -0.137. The minimum atomic E-state index is -4.50. The molecular formula is C29H32ClF3N2O2. The number of likely N-dealkylation sites (N-methyl/N-ethyl adjacent to an activating group) is 1. The summed E-state index contributed by atoms with van der Waals surface area (Å²) in [5.41, 5.74) is 1.64. The van der Waals surface area contributed by atoms with Crippen LogP contribution in [0.25, 0.3) is 0 Å². The Morgan fingerprint density at radius 3 is 2.49 bits per heavy atom. The van der Waals surface area contributed by atoms with Gasteiger partial charge in [0, 0.05) is 26.7 Å². The van der Waals surface area contributed by atoms with E-state index in [4.69, 9.17) is 16.3 Å². The minimum Gasteiger partial charge on any atom is -0.494 e. The molecule has 0 heterocycles. The highest BCUT2D eigenvalue weighted by Crippen LogP contribution is 2.36. The van der Waals surface area contributed by atoms with E-state index in [1.165, 1.54) is 6.07 Å². The maximum absolute atomic E-state index is 13.4. The first kappa shape index (κ1) is 28.5. The topological polar surface area (TPSA) is 41.6 Å². The lowest BCUT2D eigenvalue weighted by atomic mass is 10.00. The van der Waals surface area contributed by atoms with Crippen molar-refractivity contribution in [3.05, 3.63) is 100 Å². The molecule has 1 N–H and O–H groups in total. The molecule has 37 heavy (non-hydrogen) atoms. The van der Waals surface area contributed by atoms with Crippen molar-refractivity contribution >= 4 is 17.5 Å². The van der Waals surface area contributed by atoms with Crippen LogP contribution in [0.3, 0.4) is 0 Å². The second kappa shape index (κ2) is 13.5. The zero-order valence-electron chi connectivity index (χ0n) is 21.0. The zero-order chi connectivity index (χ0) is 26.8. The molecule has 0 saturated heterocycles. The number of nitrogens with zero attached hydrogens (tertiary/aromatic N) is 1. The molecule has 8 heteroatoms. The van der Waals surface area contributed by atoms with Crippen molar-refractivity contribution in [2.24, 2.45) is 0 Å². The molecule has 0 aliphatic carbocycles. The molecule has 0 aromatic heterocycles. The van der Waals surface area contributed by atoms with E-state index in [1.807, 2.05) is 42.5 Å². The summed E-state index contributed by atoms with van der Waals surface area (Å²) < 4.78 is 46.1. The number of nitrogens with one attached hydrogen (secondary N) is 1. The smallest absolute Gasteiger partial charge is 0.417 e. The molecule has 3 rings (SSSR count). The van der Waals surface area contributed by atoms with Crippen LogP contribution in [-0.4, -0.2) is 37.6 Å². The Morgan fingerprint density at radius 2 is 1.78 bits per heavy atom. The molecule has 3 aromatic rings. The largest absolute Gasteiger partial charge is 0.494 e. The minimum absolute atomic E-state index is 0.0754. The van der Waals surface area contributed by atoms with E-state index in [2.05, 4.69) is 29.3 Å². The Hall–Kier alpha value is -3.03. The van der Waals surface area contributed by atoms with E-state index in [0.29, 0.717) is 44.0 Å². The van der Waals surface area contributed by atoms with Gasteiger partial charge in [-0.2, -0.15) is 13.2 Å². The summed E-state index contributed by atoms with van der Waals surface area (Å²) >= 11 is 6.19. The number of carbonyl (C=O) groups excluding carboxylic acids is 1. The normalized spacial score (nSPS) is 12.4. The molecule has 1 atom stereocenters. The number of carbonyl (C=O) groups is 1. The van der Waals surface area contributed by atoms with Crippen LogP contribution in [-0.2, 0) is 23.9 Å². The van der Waals surface area contributed by atoms with Gasteiger partial charge in [-0.25, -0.2) is 0 Å². The molecule has 1 amide bonds. The van der Waals surface area contributed by atoms with Crippen LogP contribution in [0.1, 0.15) is 41.5 Å². The lowest BCUT2D eigenvalue weighted by Crippen LogP contribution is -2.30. The van der Waals surface area contributed by atoms with E-state index in [0.717, 1.165) is 17.2 Å². The van der Waals surface area contributed by atoms with Crippen molar-refractivity contribution < 1.29 is 22.7 Å². The summed E-state index contributed by atoms with van der Waals surface area (Å²) in [6.45, 7) is 4.09. The summed E-state index contributed by atoms with van der Waals surface area (Å²) in [6.07, 6.45) is -3.57. The monoisotopic (exact) mass is 532 g/mol. The summed E-state index contributed by atoms with van der Waals surface area (Å²) in [6, 6.07) is 21.5. The van der Waals surface area contributed by atoms with Crippen molar-refractivity contribution in [3.8, 4) is 5.75 Å². The molecule has 0 saturated carbocycles. The van der Waals surface area contributed by atoms with Crippen LogP contribution >= 0.6 is 11.6 Å². The van der Waals surface area contributed by atoms with Crippen LogP contribution in [0.5, 0.6) is 5.75 Å². The van der Waals surface area contributed by atoms with Gasteiger partial charge < -0.3 is 10.1 Å². The number of hydrogen-bond acceptors (Lipinski definition) is 3. The number of halogens is 4. The fourth-order valence-electron chi connectivity index (χ4n) is 4.17. The Balaban J connectivity index is 1.67. The third kappa shape index (κ3) is 8.79. The Kier molecular flexibility index (Phi) is 10.4. The molecule has 4 nitrogen and oxygen atoms in total. The summed E-state index contributed by atoms with van der Waals surface area (Å²) in [5, 5.41) is 2.35. The van der Waals surface area contributed by atoms with Gasteiger partial charge in [0.25, 0.3) is 0 Å². The van der Waals surface area contributed by atoms with Crippen molar-refractivity contribution in [2.75, 3.05) is 26.7 Å². The van der Waals surface area contributed by atoms with Gasteiger partial charge in [0.1, 0.15) is 5.75 Å². The van der Waals surface area contributed by atoms with Crippen LogP contribution < -0.4 is 10.1 Å². The van der Waals surface area contributed by atoms with Crippen molar-refractivity contribution in [2.45, 2.75) is 38.4 Å². The molecule has 0 aliphatic heterocycles. The summed E-state index contributed by atoms with van der Waals surface area (Å²) in [7, 11) is 1.60. The van der Waals surface area contributed by atoms with Crippen molar-refractivity contribution in [3.63, 3.8) is 0 Å². The molecule has 0 aliphatic rings. The fraction of sp³-hybridized carbons (Fsp3) is 0.345. The third-order valence-corrected chi connectivity index (χ3v) is 6.55. The quantitative estimate of drug-likeness (QED) is 0.263. The SMILES string of the molecule is CNC(=O)Cc1cccc(OCCCN(Cc2cccc(C(F)(F)F)c2Cl)C[C@H](C)c2ccccc2)c1. The van der Waals surface area contributed by atoms with Gasteiger partial charge in [-0.1, -0.05) is 73.1 Å². The molecule has 3 aromatic carbocycles. The molecule has 0 spiro atoms. The van der Waals surface area contributed by atoms with Gasteiger partial charge in [-0.15, -0.1) is 0 Å². The molecule has 0 bridgehead atoms. The van der Waals surface area contributed by atoms with Crippen LogP contribution in [0.2, 0.25) is 5.02 Å². The Morgan fingerprint density at radius 1 is 1.05 bits per heavy atom. The van der Waals surface area contributed by atoms with Crippen molar-refractivity contribution in [1.82, 2.24) is 10.2 Å². The van der Waals surface area contributed by atoms with Gasteiger partial charge in [-0.05, 0) is 47.2 Å². The van der Waals surface area contributed by atoms with E-state index in [9.17, 15) is 18.0 Å². The second-order valence-corrected chi connectivity index (χ2v) is 9.40. The van der Waals surface area contributed by atoms with Gasteiger partial charge in [0.2, 0.25) is 5.91 Å². The van der Waals surface area contributed by atoms with Crippen molar-refractivity contribution in [1.29, 1.82) is 0 Å². The van der Waals surface area contributed by atoms with Gasteiger partial charge in [0.05, 0.1) is 23.6 Å². The molecule has 0 unspecified atom stereocenters. The lowest BCUT2D eigenvalue weighted by Gasteiger charge is -2.27. The number of hydrogen-bond donors (Lipinski definition) is 1. The summed E-state index contributed by atoms with van der Waals surface area (Å²) in [4.78, 5) is 13.8. The predicted octanol–water partition coefficient (Wildman–Crippen LogP) is 6.72. The molecular weight excluding hydrogens is 501 g/mol. The molecule has 0 fully saturated rings. The van der Waals surface area contributed by atoms with Gasteiger partial charge >= 0.3 is 6.18 Å². The first-order chi connectivity index (χ1) is 17.7. The average Bonchev–Trinajstić information content (AvgIpc) is 2.87. The van der Waals surface area contributed by atoms with E-state index < -0.39 is 11.7 Å². The first-order valence-corrected chi connectivity index (χ1v) is 12.6.